The Bertz CT molecular complexity index is 574. The number of amides is 5. The van der Waals surface area contributed by atoms with Gasteiger partial charge < -0.3 is 10.1 Å². The molecule has 1 aliphatic heterocycles. The van der Waals surface area contributed by atoms with Crippen LogP contribution in [0.4, 0.5) is 4.79 Å². The number of hydrogen-bond acceptors (Lipinski definition) is 6. The molecule has 1 aliphatic rings. The van der Waals surface area contributed by atoms with E-state index < -0.39 is 42.3 Å². The molecule has 0 spiro atoms. The molecule has 1 rings (SSSR count). The van der Waals surface area contributed by atoms with E-state index >= 15 is 0 Å². The van der Waals surface area contributed by atoms with Crippen LogP contribution in [0.25, 0.3) is 0 Å². The maximum Gasteiger partial charge on any atom is 0.334 e. The Hall–Kier alpha value is -2.45. The number of rotatable bonds is 8. The van der Waals surface area contributed by atoms with E-state index in [0.717, 1.165) is 4.90 Å². The van der Waals surface area contributed by atoms with Crippen LogP contribution in [0.3, 0.4) is 0 Å². The fourth-order valence-corrected chi connectivity index (χ4v) is 2.37. The van der Waals surface area contributed by atoms with Crippen LogP contribution in [0, 0.1) is 11.8 Å². The minimum atomic E-state index is -1.04. The minimum Gasteiger partial charge on any atom is -0.467 e. The lowest BCUT2D eigenvalue weighted by atomic mass is 9.99. The largest absolute Gasteiger partial charge is 0.467 e. The molecule has 0 unspecified atom stereocenters. The van der Waals surface area contributed by atoms with Crippen LogP contribution >= 0.6 is 0 Å². The normalized spacial score (nSPS) is 17.1. The summed E-state index contributed by atoms with van der Waals surface area (Å²) in [5.41, 5.74) is 0. The number of nitrogens with zero attached hydrogens (tertiary/aromatic N) is 2. The Morgan fingerprint density at radius 1 is 1.08 bits per heavy atom. The average Bonchev–Trinajstić information content (AvgIpc) is 2.75. The third kappa shape index (κ3) is 4.77. The lowest BCUT2D eigenvalue weighted by Gasteiger charge is -2.23. The van der Waals surface area contributed by atoms with Crippen molar-refractivity contribution in [3.63, 3.8) is 0 Å². The molecule has 140 valence electrons. The van der Waals surface area contributed by atoms with Crippen LogP contribution in [-0.4, -0.2) is 65.8 Å². The van der Waals surface area contributed by atoms with Gasteiger partial charge in [0, 0.05) is 6.54 Å². The summed E-state index contributed by atoms with van der Waals surface area (Å²) in [6.07, 6.45) is 0.613. The number of nitrogens with one attached hydrogen (secondary N) is 1. The van der Waals surface area contributed by atoms with Gasteiger partial charge in [-0.2, -0.15) is 0 Å². The van der Waals surface area contributed by atoms with E-state index in [1.165, 1.54) is 7.11 Å². The molecule has 5 amide bonds. The molecule has 0 radical (unpaired) electrons. The Morgan fingerprint density at radius 3 is 2.12 bits per heavy atom. The molecule has 1 fully saturated rings. The van der Waals surface area contributed by atoms with Gasteiger partial charge >= 0.3 is 23.8 Å². The summed E-state index contributed by atoms with van der Waals surface area (Å²) < 4.78 is 4.66. The number of ether oxygens (including phenoxy) is 1. The zero-order chi connectivity index (χ0) is 19.3. The fraction of sp³-hybridized carbons (Fsp3) is 0.688. The van der Waals surface area contributed by atoms with Crippen LogP contribution in [0.15, 0.2) is 0 Å². The summed E-state index contributed by atoms with van der Waals surface area (Å²) in [6.45, 7) is 6.69. The molecule has 0 bridgehead atoms. The van der Waals surface area contributed by atoms with Crippen LogP contribution in [0.1, 0.15) is 34.1 Å². The van der Waals surface area contributed by atoms with Crippen molar-refractivity contribution in [2.24, 2.45) is 11.8 Å². The molecule has 2 atom stereocenters. The Morgan fingerprint density at radius 2 is 1.64 bits per heavy atom. The number of carbonyl (C=O) groups excluding carboxylic acids is 5. The summed E-state index contributed by atoms with van der Waals surface area (Å²) in [6, 6.07) is -1.71. The summed E-state index contributed by atoms with van der Waals surface area (Å²) in [5, 5.41) is 2.47. The highest BCUT2D eigenvalue weighted by molar-refractivity contribution is 6.45. The van der Waals surface area contributed by atoms with Crippen molar-refractivity contribution < 1.29 is 28.7 Å². The van der Waals surface area contributed by atoms with Gasteiger partial charge in [-0.1, -0.05) is 34.1 Å². The standard InChI is InChI=1S/C16H25N3O6/c1-6-10(4)12(15(23)25-5)17-11(20)8-19-14(22)13(21)18(16(19)24)7-9(2)3/h9-10,12H,6-8H2,1-5H3,(H,17,20)/t10-,12+/m0/s1. The van der Waals surface area contributed by atoms with E-state index in [9.17, 15) is 24.0 Å². The molecule has 9 nitrogen and oxygen atoms in total. The lowest BCUT2D eigenvalue weighted by molar-refractivity contribution is -0.147. The maximum atomic E-state index is 12.2. The van der Waals surface area contributed by atoms with Crippen LogP contribution in [0.5, 0.6) is 0 Å². The average molecular weight is 355 g/mol. The first kappa shape index (κ1) is 20.6. The van der Waals surface area contributed by atoms with E-state index in [1.807, 2.05) is 6.92 Å². The van der Waals surface area contributed by atoms with E-state index in [1.54, 1.807) is 20.8 Å². The fourth-order valence-electron chi connectivity index (χ4n) is 2.37. The van der Waals surface area contributed by atoms with Gasteiger partial charge in [-0.25, -0.2) is 14.5 Å². The molecule has 0 aromatic rings. The molecule has 1 N–H and O–H groups in total. The second-order valence-electron chi connectivity index (χ2n) is 6.44. The zero-order valence-electron chi connectivity index (χ0n) is 15.2. The summed E-state index contributed by atoms with van der Waals surface area (Å²) in [4.78, 5) is 61.4. The smallest absolute Gasteiger partial charge is 0.334 e. The van der Waals surface area contributed by atoms with E-state index in [4.69, 9.17) is 0 Å². The number of carbonyl (C=O) groups is 5. The number of esters is 1. The molecule has 0 aromatic heterocycles. The van der Waals surface area contributed by atoms with Crippen molar-refractivity contribution in [3.8, 4) is 0 Å². The summed E-state index contributed by atoms with van der Waals surface area (Å²) in [5.74, 6) is -3.52. The first-order valence-corrected chi connectivity index (χ1v) is 8.18. The molecule has 9 heteroatoms. The van der Waals surface area contributed by atoms with Crippen molar-refractivity contribution >= 4 is 29.7 Å². The SMILES string of the molecule is CC[C@H](C)[C@@H](NC(=O)CN1C(=O)C(=O)N(CC(C)C)C1=O)C(=O)OC. The van der Waals surface area contributed by atoms with Gasteiger partial charge in [0.05, 0.1) is 7.11 Å². The quantitative estimate of drug-likeness (QED) is 0.376. The lowest BCUT2D eigenvalue weighted by Crippen LogP contribution is -2.50. The Kier molecular flexibility index (Phi) is 7.08. The van der Waals surface area contributed by atoms with Crippen molar-refractivity contribution in [2.45, 2.75) is 40.2 Å². The number of hydrogen-bond donors (Lipinski definition) is 1. The van der Waals surface area contributed by atoms with E-state index in [0.29, 0.717) is 11.3 Å². The topological polar surface area (TPSA) is 113 Å². The molecule has 0 aliphatic carbocycles. The van der Waals surface area contributed by atoms with Gasteiger partial charge in [0.25, 0.3) is 0 Å². The minimum absolute atomic E-state index is 0.0106. The van der Waals surface area contributed by atoms with Gasteiger partial charge in [0.2, 0.25) is 5.91 Å². The van der Waals surface area contributed by atoms with Gasteiger partial charge in [-0.3, -0.25) is 19.3 Å². The van der Waals surface area contributed by atoms with E-state index in [2.05, 4.69) is 10.1 Å². The maximum absolute atomic E-state index is 12.2. The molecule has 1 heterocycles. The Balaban J connectivity index is 2.81. The van der Waals surface area contributed by atoms with Gasteiger partial charge in [0.15, 0.2) is 0 Å². The molecular weight excluding hydrogens is 330 g/mol. The zero-order valence-corrected chi connectivity index (χ0v) is 15.2. The second-order valence-corrected chi connectivity index (χ2v) is 6.44. The van der Waals surface area contributed by atoms with Crippen molar-refractivity contribution in [2.75, 3.05) is 20.2 Å². The Labute approximate surface area is 146 Å². The molecule has 0 saturated carbocycles. The molecule has 1 saturated heterocycles. The number of methoxy groups -OCH3 is 1. The molecule has 25 heavy (non-hydrogen) atoms. The van der Waals surface area contributed by atoms with Gasteiger partial charge in [-0.15, -0.1) is 0 Å². The second kappa shape index (κ2) is 8.59. The third-order valence-electron chi connectivity index (χ3n) is 3.97. The summed E-state index contributed by atoms with van der Waals surface area (Å²) >= 11 is 0. The van der Waals surface area contributed by atoms with Crippen LogP contribution in [0.2, 0.25) is 0 Å². The molecule has 0 aromatic carbocycles. The molecular formula is C16H25N3O6. The summed E-state index contributed by atoms with van der Waals surface area (Å²) in [7, 11) is 1.21. The van der Waals surface area contributed by atoms with Crippen molar-refractivity contribution in [1.29, 1.82) is 0 Å². The van der Waals surface area contributed by atoms with Crippen molar-refractivity contribution in [3.05, 3.63) is 0 Å². The first-order chi connectivity index (χ1) is 11.6. The van der Waals surface area contributed by atoms with Crippen LogP contribution < -0.4 is 5.32 Å². The van der Waals surface area contributed by atoms with E-state index in [-0.39, 0.29) is 18.4 Å². The number of imide groups is 2. The third-order valence-corrected chi connectivity index (χ3v) is 3.97. The highest BCUT2D eigenvalue weighted by atomic mass is 16.5. The number of urea groups is 1. The monoisotopic (exact) mass is 355 g/mol. The van der Waals surface area contributed by atoms with Gasteiger partial charge in [0.1, 0.15) is 12.6 Å². The predicted molar refractivity (Wildman–Crippen MR) is 87.1 cm³/mol. The highest BCUT2D eigenvalue weighted by Gasteiger charge is 2.45. The van der Waals surface area contributed by atoms with Crippen molar-refractivity contribution in [1.82, 2.24) is 15.1 Å². The predicted octanol–water partition coefficient (Wildman–Crippen LogP) is 0.137. The first-order valence-electron chi connectivity index (χ1n) is 8.18. The highest BCUT2D eigenvalue weighted by Crippen LogP contribution is 2.14. The van der Waals surface area contributed by atoms with Crippen LogP contribution in [-0.2, 0) is 23.9 Å². The van der Waals surface area contributed by atoms with Gasteiger partial charge in [-0.05, 0) is 11.8 Å².